The van der Waals surface area contributed by atoms with Gasteiger partial charge in [-0.1, -0.05) is 19.1 Å². The molecule has 2 rings (SSSR count). The van der Waals surface area contributed by atoms with Gasteiger partial charge in [0.2, 0.25) is 11.1 Å². The van der Waals surface area contributed by atoms with E-state index in [2.05, 4.69) is 5.10 Å². The van der Waals surface area contributed by atoms with Crippen molar-refractivity contribution in [2.45, 2.75) is 26.8 Å². The van der Waals surface area contributed by atoms with Crippen LogP contribution in [0.3, 0.4) is 0 Å². The van der Waals surface area contributed by atoms with Crippen molar-refractivity contribution < 1.29 is 9.90 Å². The van der Waals surface area contributed by atoms with Gasteiger partial charge < -0.3 is 5.11 Å². The first kappa shape index (κ1) is 12.3. The highest BCUT2D eigenvalue weighted by molar-refractivity contribution is 5.91. The molecule has 94 valence electrons. The molecule has 1 aromatic carbocycles. The lowest BCUT2D eigenvalue weighted by Gasteiger charge is -2.11. The molecule has 0 aliphatic heterocycles. The molecule has 0 atom stereocenters. The molecule has 1 N–H and O–H groups in total. The zero-order chi connectivity index (χ0) is 13.3. The van der Waals surface area contributed by atoms with E-state index >= 15 is 0 Å². The molecule has 5 nitrogen and oxygen atoms in total. The largest absolute Gasteiger partial charge is 0.476 e. The standard InChI is InChI=1S/C13H14N2O3/c1-3-7-15-11-8(2)5-4-6-9(11)12(16)10(14-15)13(17)18/h4-6H,3,7H2,1-2H3,(H,17,18). The van der Waals surface area contributed by atoms with E-state index in [9.17, 15) is 9.59 Å². The third kappa shape index (κ3) is 1.88. The number of hydrogen-bond donors (Lipinski definition) is 1. The molecule has 18 heavy (non-hydrogen) atoms. The summed E-state index contributed by atoms with van der Waals surface area (Å²) in [5, 5.41) is 13.4. The number of rotatable bonds is 3. The smallest absolute Gasteiger partial charge is 0.360 e. The molecular weight excluding hydrogens is 232 g/mol. The van der Waals surface area contributed by atoms with Crippen LogP contribution in [0.2, 0.25) is 0 Å². The minimum Gasteiger partial charge on any atom is -0.476 e. The van der Waals surface area contributed by atoms with Crippen molar-refractivity contribution in [3.63, 3.8) is 0 Å². The first-order chi connectivity index (χ1) is 8.56. The van der Waals surface area contributed by atoms with Gasteiger partial charge in [0.25, 0.3) is 0 Å². The van der Waals surface area contributed by atoms with Crippen molar-refractivity contribution in [3.05, 3.63) is 39.7 Å². The van der Waals surface area contributed by atoms with Crippen LogP contribution in [-0.2, 0) is 6.54 Å². The van der Waals surface area contributed by atoms with Crippen LogP contribution in [0.15, 0.2) is 23.0 Å². The SMILES string of the molecule is CCCn1nc(C(=O)O)c(=O)c2cccc(C)c21. The molecule has 5 heteroatoms. The number of carboxylic acids is 1. The number of carbonyl (C=O) groups is 1. The number of aromatic carboxylic acids is 1. The molecule has 1 aromatic heterocycles. The second-order valence-electron chi connectivity index (χ2n) is 4.18. The Morgan fingerprint density at radius 1 is 1.44 bits per heavy atom. The van der Waals surface area contributed by atoms with Crippen molar-refractivity contribution >= 4 is 16.9 Å². The third-order valence-electron chi connectivity index (χ3n) is 2.81. The molecule has 0 bridgehead atoms. The van der Waals surface area contributed by atoms with Gasteiger partial charge in [-0.05, 0) is 25.0 Å². The number of carboxylic acid groups (broad SMARTS) is 1. The minimum atomic E-state index is -1.28. The van der Waals surface area contributed by atoms with Crippen molar-refractivity contribution in [2.75, 3.05) is 0 Å². The molecule has 0 saturated heterocycles. The van der Waals surface area contributed by atoms with E-state index in [0.29, 0.717) is 17.4 Å². The lowest BCUT2D eigenvalue weighted by atomic mass is 10.1. The fourth-order valence-electron chi connectivity index (χ4n) is 2.04. The van der Waals surface area contributed by atoms with Gasteiger partial charge in [0.1, 0.15) is 0 Å². The topological polar surface area (TPSA) is 72.2 Å². The highest BCUT2D eigenvalue weighted by Gasteiger charge is 2.16. The second kappa shape index (κ2) is 4.60. The summed E-state index contributed by atoms with van der Waals surface area (Å²) >= 11 is 0. The van der Waals surface area contributed by atoms with E-state index in [0.717, 1.165) is 12.0 Å². The average Bonchev–Trinajstić information content (AvgIpc) is 2.32. The Bertz CT molecular complexity index is 674. The zero-order valence-corrected chi connectivity index (χ0v) is 10.3. The Balaban J connectivity index is 2.92. The fraction of sp³-hybridized carbons (Fsp3) is 0.308. The summed E-state index contributed by atoms with van der Waals surface area (Å²) in [6.07, 6.45) is 0.818. The molecule has 0 amide bonds. The van der Waals surface area contributed by atoms with E-state index in [1.807, 2.05) is 19.9 Å². The number of nitrogens with zero attached hydrogens (tertiary/aromatic N) is 2. The predicted octanol–water partition coefficient (Wildman–Crippen LogP) is 1.81. The molecule has 0 spiro atoms. The molecule has 0 radical (unpaired) electrons. The van der Waals surface area contributed by atoms with E-state index in [1.165, 1.54) is 0 Å². The van der Waals surface area contributed by atoms with Crippen LogP contribution in [0.25, 0.3) is 10.9 Å². The summed E-state index contributed by atoms with van der Waals surface area (Å²) in [7, 11) is 0. The van der Waals surface area contributed by atoms with E-state index in [4.69, 9.17) is 5.11 Å². The highest BCUT2D eigenvalue weighted by atomic mass is 16.4. The number of benzene rings is 1. The monoisotopic (exact) mass is 246 g/mol. The Morgan fingerprint density at radius 2 is 2.17 bits per heavy atom. The van der Waals surface area contributed by atoms with Gasteiger partial charge in [-0.15, -0.1) is 0 Å². The number of aromatic nitrogens is 2. The molecule has 0 unspecified atom stereocenters. The summed E-state index contributed by atoms with van der Waals surface area (Å²) in [4.78, 5) is 23.1. The predicted molar refractivity (Wildman–Crippen MR) is 68.0 cm³/mol. The molecule has 2 aromatic rings. The first-order valence-electron chi connectivity index (χ1n) is 5.80. The van der Waals surface area contributed by atoms with Crippen LogP contribution in [-0.4, -0.2) is 20.9 Å². The van der Waals surface area contributed by atoms with E-state index in [-0.39, 0.29) is 0 Å². The normalized spacial score (nSPS) is 10.8. The maximum absolute atomic E-state index is 12.0. The van der Waals surface area contributed by atoms with Crippen LogP contribution in [0, 0.1) is 6.92 Å². The molecule has 0 saturated carbocycles. The van der Waals surface area contributed by atoms with Crippen molar-refractivity contribution in [1.29, 1.82) is 0 Å². The fourth-order valence-corrected chi connectivity index (χ4v) is 2.04. The van der Waals surface area contributed by atoms with Gasteiger partial charge in [-0.2, -0.15) is 5.10 Å². The van der Waals surface area contributed by atoms with Gasteiger partial charge in [0, 0.05) is 6.54 Å². The average molecular weight is 246 g/mol. The van der Waals surface area contributed by atoms with Crippen LogP contribution in [0.5, 0.6) is 0 Å². The molecule has 0 fully saturated rings. The Hall–Kier alpha value is -2.17. The van der Waals surface area contributed by atoms with Gasteiger partial charge in [-0.25, -0.2) is 4.79 Å². The van der Waals surface area contributed by atoms with Crippen molar-refractivity contribution in [1.82, 2.24) is 9.78 Å². The van der Waals surface area contributed by atoms with Crippen molar-refractivity contribution in [3.8, 4) is 0 Å². The number of hydrogen-bond acceptors (Lipinski definition) is 3. The minimum absolute atomic E-state index is 0.413. The molecule has 1 heterocycles. The summed E-state index contributed by atoms with van der Waals surface area (Å²) in [6, 6.07) is 5.28. The summed E-state index contributed by atoms with van der Waals surface area (Å²) in [5.74, 6) is -1.28. The van der Waals surface area contributed by atoms with Gasteiger partial charge in [0.05, 0.1) is 10.9 Å². The van der Waals surface area contributed by atoms with Crippen molar-refractivity contribution in [2.24, 2.45) is 0 Å². The Kier molecular flexibility index (Phi) is 3.14. The summed E-state index contributed by atoms with van der Waals surface area (Å²) in [5.41, 5.74) is 0.701. The molecule has 0 aliphatic carbocycles. The van der Waals surface area contributed by atoms with E-state index < -0.39 is 17.1 Å². The van der Waals surface area contributed by atoms with E-state index in [1.54, 1.807) is 16.8 Å². The summed E-state index contributed by atoms with van der Waals surface area (Å²) in [6.45, 7) is 4.45. The Labute approximate surface area is 104 Å². The van der Waals surface area contributed by atoms with Crippen LogP contribution in [0.1, 0.15) is 29.4 Å². The van der Waals surface area contributed by atoms with Crippen LogP contribution in [0.4, 0.5) is 0 Å². The lowest BCUT2D eigenvalue weighted by Crippen LogP contribution is -2.23. The number of aryl methyl sites for hydroxylation is 2. The maximum atomic E-state index is 12.0. The van der Waals surface area contributed by atoms with Gasteiger partial charge in [0.15, 0.2) is 0 Å². The van der Waals surface area contributed by atoms with Gasteiger partial charge in [-0.3, -0.25) is 9.48 Å². The second-order valence-corrected chi connectivity index (χ2v) is 4.18. The number of para-hydroxylation sites is 1. The Morgan fingerprint density at radius 3 is 2.78 bits per heavy atom. The quantitative estimate of drug-likeness (QED) is 0.896. The van der Waals surface area contributed by atoms with Gasteiger partial charge >= 0.3 is 5.97 Å². The maximum Gasteiger partial charge on any atom is 0.360 e. The van der Waals surface area contributed by atoms with Crippen LogP contribution >= 0.6 is 0 Å². The lowest BCUT2D eigenvalue weighted by molar-refractivity contribution is 0.0686. The van der Waals surface area contributed by atoms with Crippen LogP contribution < -0.4 is 5.43 Å². The highest BCUT2D eigenvalue weighted by Crippen LogP contribution is 2.15. The number of fused-ring (bicyclic) bond motifs is 1. The molecule has 0 aliphatic rings. The molecular formula is C13H14N2O3. The third-order valence-corrected chi connectivity index (χ3v) is 2.81. The zero-order valence-electron chi connectivity index (χ0n) is 10.3. The summed E-state index contributed by atoms with van der Waals surface area (Å²) < 4.78 is 1.61. The first-order valence-corrected chi connectivity index (χ1v) is 5.80.